The monoisotopic (exact) mass is 446 g/mol. The number of nitrogens with one attached hydrogen (secondary N) is 1. The summed E-state index contributed by atoms with van der Waals surface area (Å²) in [6, 6.07) is 25.3. The van der Waals surface area contributed by atoms with Crippen LogP contribution in [0.2, 0.25) is 0 Å². The average Bonchev–Trinajstić information content (AvgIpc) is 3.22. The Morgan fingerprint density at radius 1 is 0.882 bits per heavy atom. The van der Waals surface area contributed by atoms with Crippen LogP contribution in [0, 0.1) is 13.5 Å². The first-order chi connectivity index (χ1) is 16.7. The van der Waals surface area contributed by atoms with Gasteiger partial charge in [0.1, 0.15) is 17.2 Å². The fourth-order valence-corrected chi connectivity index (χ4v) is 3.92. The number of aryl methyl sites for hydroxylation is 1. The summed E-state index contributed by atoms with van der Waals surface area (Å²) in [5.74, 6) is 2.33. The van der Waals surface area contributed by atoms with Gasteiger partial charge in [-0.2, -0.15) is 5.10 Å². The van der Waals surface area contributed by atoms with E-state index in [2.05, 4.69) is 15.3 Å². The van der Waals surface area contributed by atoms with E-state index in [1.165, 1.54) is 0 Å². The number of fused-ring (bicyclic) bond motifs is 1. The molecule has 0 radical (unpaired) electrons. The number of benzene rings is 3. The standard InChI is InChI=1S/C28H22N4O2/c1-19-25(20-9-13-22(33-3)14-10-20)18-32-28(19)27(26(29-2)17-30-32)31-21-11-15-24(16-12-21)34-23-7-5-4-6-8-23/h4-18,31H,1,3H3. The molecule has 166 valence electrons. The predicted octanol–water partition coefficient (Wildman–Crippen LogP) is 7.41. The first-order valence-electron chi connectivity index (χ1n) is 10.8. The van der Waals surface area contributed by atoms with Crippen LogP contribution in [0.5, 0.6) is 17.2 Å². The molecule has 0 atom stereocenters. The van der Waals surface area contributed by atoms with Crippen molar-refractivity contribution in [3.63, 3.8) is 0 Å². The molecule has 5 rings (SSSR count). The van der Waals surface area contributed by atoms with Gasteiger partial charge in [-0.25, -0.2) is 9.36 Å². The molecule has 5 aromatic rings. The summed E-state index contributed by atoms with van der Waals surface area (Å²) in [6.07, 6.45) is 3.58. The number of hydrogen-bond acceptors (Lipinski definition) is 4. The van der Waals surface area contributed by atoms with Crippen LogP contribution in [0.1, 0.15) is 5.56 Å². The van der Waals surface area contributed by atoms with Crippen molar-refractivity contribution < 1.29 is 9.47 Å². The minimum Gasteiger partial charge on any atom is -0.497 e. The van der Waals surface area contributed by atoms with E-state index in [1.54, 1.807) is 13.3 Å². The van der Waals surface area contributed by atoms with E-state index < -0.39 is 0 Å². The van der Waals surface area contributed by atoms with Crippen LogP contribution in [0.15, 0.2) is 91.3 Å². The van der Waals surface area contributed by atoms with Crippen LogP contribution in [0.3, 0.4) is 0 Å². The van der Waals surface area contributed by atoms with Crippen molar-refractivity contribution in [2.24, 2.45) is 0 Å². The highest BCUT2D eigenvalue weighted by Crippen LogP contribution is 2.38. The highest BCUT2D eigenvalue weighted by Gasteiger charge is 2.17. The van der Waals surface area contributed by atoms with Crippen molar-refractivity contribution in [3.8, 4) is 28.4 Å². The zero-order valence-corrected chi connectivity index (χ0v) is 18.8. The molecule has 0 aliphatic carbocycles. The summed E-state index contributed by atoms with van der Waals surface area (Å²) in [5.41, 5.74) is 6.04. The topological polar surface area (TPSA) is 52.2 Å². The van der Waals surface area contributed by atoms with Crippen LogP contribution < -0.4 is 14.8 Å². The Bertz CT molecular complexity index is 1480. The first kappa shape index (κ1) is 21.1. The van der Waals surface area contributed by atoms with E-state index in [0.29, 0.717) is 5.69 Å². The predicted molar refractivity (Wildman–Crippen MR) is 134 cm³/mol. The third kappa shape index (κ3) is 4.03. The summed E-state index contributed by atoms with van der Waals surface area (Å²) >= 11 is 0. The van der Waals surface area contributed by atoms with Crippen LogP contribution in [-0.2, 0) is 0 Å². The lowest BCUT2D eigenvalue weighted by Crippen LogP contribution is -1.97. The number of hydrogen-bond donors (Lipinski definition) is 1. The van der Waals surface area contributed by atoms with E-state index in [9.17, 15) is 0 Å². The van der Waals surface area contributed by atoms with Crippen LogP contribution in [-0.4, -0.2) is 16.7 Å². The van der Waals surface area contributed by atoms with Gasteiger partial charge in [0.25, 0.3) is 0 Å². The minimum absolute atomic E-state index is 0.458. The molecule has 0 aliphatic rings. The van der Waals surface area contributed by atoms with Crippen molar-refractivity contribution in [2.75, 3.05) is 12.4 Å². The SMILES string of the molecule is [C-]#[N+]c1cnn2cc(-c3ccc(OC)cc3)c(C)c2c1Nc1ccc(Oc2ccccc2)cc1. The molecule has 6 heteroatoms. The van der Waals surface area contributed by atoms with Crippen molar-refractivity contribution in [2.45, 2.75) is 6.92 Å². The number of anilines is 2. The fourth-order valence-electron chi connectivity index (χ4n) is 3.92. The zero-order valence-electron chi connectivity index (χ0n) is 18.8. The van der Waals surface area contributed by atoms with Crippen molar-refractivity contribution >= 4 is 22.6 Å². The number of ether oxygens (including phenoxy) is 2. The second-order valence-electron chi connectivity index (χ2n) is 7.77. The van der Waals surface area contributed by atoms with Crippen molar-refractivity contribution in [1.82, 2.24) is 9.61 Å². The van der Waals surface area contributed by atoms with E-state index in [4.69, 9.17) is 16.0 Å². The molecule has 0 fully saturated rings. The molecule has 0 aliphatic heterocycles. The van der Waals surface area contributed by atoms with Gasteiger partial charge in [0.2, 0.25) is 5.69 Å². The molecular weight excluding hydrogens is 424 g/mol. The normalized spacial score (nSPS) is 10.6. The number of nitrogens with zero attached hydrogens (tertiary/aromatic N) is 3. The van der Waals surface area contributed by atoms with Gasteiger partial charge in [-0.1, -0.05) is 30.3 Å². The van der Waals surface area contributed by atoms with Crippen molar-refractivity contribution in [1.29, 1.82) is 0 Å². The lowest BCUT2D eigenvalue weighted by atomic mass is 10.0. The molecule has 0 bridgehead atoms. The molecule has 0 amide bonds. The second-order valence-corrected chi connectivity index (χ2v) is 7.77. The Morgan fingerprint density at radius 2 is 1.56 bits per heavy atom. The molecule has 3 aromatic carbocycles. The maximum Gasteiger partial charge on any atom is 0.231 e. The number of para-hydroxylation sites is 1. The van der Waals surface area contributed by atoms with Gasteiger partial charge in [0.15, 0.2) is 0 Å². The molecule has 34 heavy (non-hydrogen) atoms. The van der Waals surface area contributed by atoms with Crippen LogP contribution >= 0.6 is 0 Å². The van der Waals surface area contributed by atoms with Gasteiger partial charge in [-0.3, -0.25) is 0 Å². The molecule has 1 N–H and O–H groups in total. The smallest absolute Gasteiger partial charge is 0.231 e. The van der Waals surface area contributed by atoms with Gasteiger partial charge in [0, 0.05) is 17.4 Å². The third-order valence-corrected chi connectivity index (χ3v) is 5.66. The van der Waals surface area contributed by atoms with E-state index in [-0.39, 0.29) is 0 Å². The number of aromatic nitrogens is 2. The Morgan fingerprint density at radius 3 is 2.24 bits per heavy atom. The Kier molecular flexibility index (Phi) is 5.59. The summed E-state index contributed by atoms with van der Waals surface area (Å²) in [7, 11) is 1.65. The molecule has 2 heterocycles. The summed E-state index contributed by atoms with van der Waals surface area (Å²) in [6.45, 7) is 9.72. The van der Waals surface area contributed by atoms with Gasteiger partial charge < -0.3 is 14.8 Å². The van der Waals surface area contributed by atoms with E-state index >= 15 is 0 Å². The highest BCUT2D eigenvalue weighted by atomic mass is 16.5. The molecule has 0 saturated heterocycles. The van der Waals surface area contributed by atoms with Crippen LogP contribution in [0.4, 0.5) is 17.1 Å². The molecular formula is C28H22N4O2. The Labute approximate surface area is 197 Å². The van der Waals surface area contributed by atoms with Gasteiger partial charge in [-0.15, -0.1) is 0 Å². The Balaban J connectivity index is 1.49. The maximum absolute atomic E-state index is 7.67. The van der Waals surface area contributed by atoms with Crippen LogP contribution in [0.25, 0.3) is 21.5 Å². The number of methoxy groups -OCH3 is 1. The fraction of sp³-hybridized carbons (Fsp3) is 0.0714. The summed E-state index contributed by atoms with van der Waals surface area (Å²) in [5, 5.41) is 7.91. The number of rotatable bonds is 6. The highest BCUT2D eigenvalue weighted by molar-refractivity contribution is 5.93. The first-order valence-corrected chi connectivity index (χ1v) is 10.8. The maximum atomic E-state index is 7.67. The lowest BCUT2D eigenvalue weighted by molar-refractivity contribution is 0.415. The van der Waals surface area contributed by atoms with Gasteiger partial charge in [0.05, 0.1) is 31.1 Å². The van der Waals surface area contributed by atoms with Gasteiger partial charge in [-0.05, 0) is 66.6 Å². The van der Waals surface area contributed by atoms with E-state index in [1.807, 2.05) is 96.5 Å². The molecule has 0 spiro atoms. The van der Waals surface area contributed by atoms with E-state index in [0.717, 1.165) is 50.8 Å². The lowest BCUT2D eigenvalue weighted by Gasteiger charge is -2.12. The van der Waals surface area contributed by atoms with Crippen molar-refractivity contribution in [3.05, 3.63) is 108 Å². The summed E-state index contributed by atoms with van der Waals surface area (Å²) < 4.78 is 13.0. The second kappa shape index (κ2) is 9.00. The average molecular weight is 447 g/mol. The Hall–Kier alpha value is -4.76. The molecule has 0 saturated carbocycles. The van der Waals surface area contributed by atoms with Gasteiger partial charge >= 0.3 is 0 Å². The third-order valence-electron chi connectivity index (χ3n) is 5.66. The molecule has 0 unspecified atom stereocenters. The largest absolute Gasteiger partial charge is 0.497 e. The minimum atomic E-state index is 0.458. The quantitative estimate of drug-likeness (QED) is 0.276. The molecule has 2 aromatic heterocycles. The summed E-state index contributed by atoms with van der Waals surface area (Å²) in [4.78, 5) is 3.71. The molecule has 6 nitrogen and oxygen atoms in total. The zero-order chi connectivity index (χ0) is 23.5.